The van der Waals surface area contributed by atoms with Crippen molar-refractivity contribution in [2.75, 3.05) is 11.9 Å². The van der Waals surface area contributed by atoms with Crippen LogP contribution in [0.15, 0.2) is 54.6 Å². The Morgan fingerprint density at radius 2 is 1.89 bits per heavy atom. The van der Waals surface area contributed by atoms with Gasteiger partial charge in [-0.3, -0.25) is 0 Å². The zero-order chi connectivity index (χ0) is 12.8. The van der Waals surface area contributed by atoms with Crippen LogP contribution in [-0.4, -0.2) is 6.54 Å². The highest BCUT2D eigenvalue weighted by Gasteiger charge is 1.97. The van der Waals surface area contributed by atoms with Gasteiger partial charge in [0.05, 0.1) is 0 Å². The SMILES string of the molecule is Cc1ccc(F)cc1NC/C=C/c1ccccc1. The van der Waals surface area contributed by atoms with Gasteiger partial charge in [0.15, 0.2) is 0 Å². The van der Waals surface area contributed by atoms with Crippen LogP contribution in [0.2, 0.25) is 0 Å². The first kappa shape index (κ1) is 12.4. The van der Waals surface area contributed by atoms with Gasteiger partial charge >= 0.3 is 0 Å². The number of rotatable bonds is 4. The van der Waals surface area contributed by atoms with Crippen LogP contribution in [0.4, 0.5) is 10.1 Å². The maximum absolute atomic E-state index is 13.1. The number of benzene rings is 2. The van der Waals surface area contributed by atoms with E-state index in [0.717, 1.165) is 16.8 Å². The fourth-order valence-corrected chi connectivity index (χ4v) is 1.71. The van der Waals surface area contributed by atoms with Crippen molar-refractivity contribution in [3.05, 3.63) is 71.6 Å². The Morgan fingerprint density at radius 1 is 1.11 bits per heavy atom. The lowest BCUT2D eigenvalue weighted by Gasteiger charge is -2.07. The summed E-state index contributed by atoms with van der Waals surface area (Å²) in [5.41, 5.74) is 3.05. The lowest BCUT2D eigenvalue weighted by atomic mass is 10.2. The molecule has 0 aliphatic carbocycles. The van der Waals surface area contributed by atoms with Crippen molar-refractivity contribution >= 4 is 11.8 Å². The molecule has 1 nitrogen and oxygen atoms in total. The molecule has 0 atom stereocenters. The van der Waals surface area contributed by atoms with E-state index in [1.54, 1.807) is 6.07 Å². The molecular formula is C16H16FN. The van der Waals surface area contributed by atoms with Gasteiger partial charge in [0, 0.05) is 12.2 Å². The second-order valence-corrected chi connectivity index (χ2v) is 4.15. The molecule has 0 amide bonds. The van der Waals surface area contributed by atoms with Gasteiger partial charge in [-0.2, -0.15) is 0 Å². The molecule has 0 unspecified atom stereocenters. The van der Waals surface area contributed by atoms with Crippen LogP contribution in [0.1, 0.15) is 11.1 Å². The van der Waals surface area contributed by atoms with Crippen molar-refractivity contribution in [1.29, 1.82) is 0 Å². The van der Waals surface area contributed by atoms with Crippen LogP contribution < -0.4 is 5.32 Å². The molecule has 1 N–H and O–H groups in total. The smallest absolute Gasteiger partial charge is 0.125 e. The third kappa shape index (κ3) is 3.45. The molecule has 0 aliphatic rings. The van der Waals surface area contributed by atoms with Crippen molar-refractivity contribution < 1.29 is 4.39 Å². The van der Waals surface area contributed by atoms with E-state index < -0.39 is 0 Å². The summed E-state index contributed by atoms with van der Waals surface area (Å²) in [5, 5.41) is 3.20. The molecule has 0 spiro atoms. The summed E-state index contributed by atoms with van der Waals surface area (Å²) >= 11 is 0. The van der Waals surface area contributed by atoms with Gasteiger partial charge in [-0.15, -0.1) is 0 Å². The fraction of sp³-hybridized carbons (Fsp3) is 0.125. The predicted molar refractivity (Wildman–Crippen MR) is 75.1 cm³/mol. The monoisotopic (exact) mass is 241 g/mol. The number of anilines is 1. The summed E-state index contributed by atoms with van der Waals surface area (Å²) in [6.07, 6.45) is 4.07. The maximum atomic E-state index is 13.1. The zero-order valence-electron chi connectivity index (χ0n) is 10.4. The first-order chi connectivity index (χ1) is 8.75. The van der Waals surface area contributed by atoms with Crippen molar-refractivity contribution in [1.82, 2.24) is 0 Å². The topological polar surface area (TPSA) is 12.0 Å². The molecule has 0 radical (unpaired) electrons. The van der Waals surface area contributed by atoms with Gasteiger partial charge in [0.25, 0.3) is 0 Å². The van der Waals surface area contributed by atoms with Crippen LogP contribution in [0.25, 0.3) is 6.08 Å². The molecule has 92 valence electrons. The van der Waals surface area contributed by atoms with E-state index in [-0.39, 0.29) is 5.82 Å². The van der Waals surface area contributed by atoms with E-state index in [2.05, 4.69) is 5.32 Å². The summed E-state index contributed by atoms with van der Waals surface area (Å²) in [6.45, 7) is 2.64. The van der Waals surface area contributed by atoms with Gasteiger partial charge in [0.1, 0.15) is 5.82 Å². The van der Waals surface area contributed by atoms with E-state index in [1.165, 1.54) is 12.1 Å². The Bertz CT molecular complexity index is 532. The van der Waals surface area contributed by atoms with Crippen molar-refractivity contribution in [3.63, 3.8) is 0 Å². The number of aryl methyl sites for hydroxylation is 1. The molecular weight excluding hydrogens is 225 g/mol. The number of nitrogens with one attached hydrogen (secondary N) is 1. The summed E-state index contributed by atoms with van der Waals surface area (Å²) in [7, 11) is 0. The standard InChI is InChI=1S/C16H16FN/c1-13-9-10-15(17)12-16(13)18-11-5-8-14-6-3-2-4-7-14/h2-10,12,18H,11H2,1H3/b8-5+. The van der Waals surface area contributed by atoms with E-state index in [4.69, 9.17) is 0 Å². The minimum Gasteiger partial charge on any atom is -0.381 e. The number of hydrogen-bond acceptors (Lipinski definition) is 1. The van der Waals surface area contributed by atoms with E-state index in [0.29, 0.717) is 6.54 Å². The van der Waals surface area contributed by atoms with E-state index in [9.17, 15) is 4.39 Å². The number of hydrogen-bond donors (Lipinski definition) is 1. The zero-order valence-corrected chi connectivity index (χ0v) is 10.4. The molecule has 0 saturated carbocycles. The van der Waals surface area contributed by atoms with Crippen LogP contribution in [0, 0.1) is 12.7 Å². The third-order valence-corrected chi connectivity index (χ3v) is 2.72. The lowest BCUT2D eigenvalue weighted by molar-refractivity contribution is 0.628. The second-order valence-electron chi connectivity index (χ2n) is 4.15. The highest BCUT2D eigenvalue weighted by atomic mass is 19.1. The van der Waals surface area contributed by atoms with Gasteiger partial charge in [-0.25, -0.2) is 4.39 Å². The van der Waals surface area contributed by atoms with E-state index >= 15 is 0 Å². The van der Waals surface area contributed by atoms with Gasteiger partial charge in [-0.05, 0) is 30.2 Å². The molecule has 2 aromatic carbocycles. The number of halogens is 1. The normalized spacial score (nSPS) is 10.8. The fourth-order valence-electron chi connectivity index (χ4n) is 1.71. The molecule has 0 bridgehead atoms. The minimum absolute atomic E-state index is 0.213. The van der Waals surface area contributed by atoms with Gasteiger partial charge in [0.2, 0.25) is 0 Å². The Balaban J connectivity index is 1.92. The summed E-state index contributed by atoms with van der Waals surface area (Å²) in [6, 6.07) is 14.9. The molecule has 0 aliphatic heterocycles. The summed E-state index contributed by atoms with van der Waals surface area (Å²) in [4.78, 5) is 0. The van der Waals surface area contributed by atoms with Crippen LogP contribution in [0.3, 0.4) is 0 Å². The molecule has 18 heavy (non-hydrogen) atoms. The van der Waals surface area contributed by atoms with Crippen molar-refractivity contribution in [2.24, 2.45) is 0 Å². The molecule has 0 saturated heterocycles. The largest absolute Gasteiger partial charge is 0.381 e. The molecule has 0 heterocycles. The quantitative estimate of drug-likeness (QED) is 0.843. The molecule has 0 aromatic heterocycles. The minimum atomic E-state index is -0.213. The van der Waals surface area contributed by atoms with E-state index in [1.807, 2.05) is 49.4 Å². The van der Waals surface area contributed by atoms with Gasteiger partial charge < -0.3 is 5.32 Å². The van der Waals surface area contributed by atoms with Crippen LogP contribution >= 0.6 is 0 Å². The first-order valence-corrected chi connectivity index (χ1v) is 5.97. The third-order valence-electron chi connectivity index (χ3n) is 2.72. The Labute approximate surface area is 107 Å². The maximum Gasteiger partial charge on any atom is 0.125 e. The van der Waals surface area contributed by atoms with Crippen molar-refractivity contribution in [2.45, 2.75) is 6.92 Å². The summed E-state index contributed by atoms with van der Waals surface area (Å²) in [5.74, 6) is -0.213. The lowest BCUT2D eigenvalue weighted by Crippen LogP contribution is -2.00. The van der Waals surface area contributed by atoms with Crippen LogP contribution in [-0.2, 0) is 0 Å². The van der Waals surface area contributed by atoms with Gasteiger partial charge in [-0.1, -0.05) is 48.6 Å². The highest BCUT2D eigenvalue weighted by Crippen LogP contribution is 2.15. The second kappa shape index (κ2) is 6.01. The Hall–Kier alpha value is -2.09. The van der Waals surface area contributed by atoms with Crippen molar-refractivity contribution in [3.8, 4) is 0 Å². The Kier molecular flexibility index (Phi) is 4.13. The molecule has 2 aromatic rings. The molecule has 0 fully saturated rings. The average Bonchev–Trinajstić information content (AvgIpc) is 2.40. The highest BCUT2D eigenvalue weighted by molar-refractivity contribution is 5.53. The molecule has 2 rings (SSSR count). The summed E-state index contributed by atoms with van der Waals surface area (Å²) < 4.78 is 13.1. The average molecular weight is 241 g/mol. The Morgan fingerprint density at radius 3 is 2.67 bits per heavy atom. The predicted octanol–water partition coefficient (Wildman–Crippen LogP) is 4.26. The first-order valence-electron chi connectivity index (χ1n) is 5.97. The van der Waals surface area contributed by atoms with Crippen LogP contribution in [0.5, 0.6) is 0 Å². The molecule has 2 heteroatoms.